The van der Waals surface area contributed by atoms with E-state index in [9.17, 15) is 8.78 Å². The van der Waals surface area contributed by atoms with Gasteiger partial charge in [0.25, 0.3) is 6.43 Å². The summed E-state index contributed by atoms with van der Waals surface area (Å²) in [6.07, 6.45) is 1.17. The van der Waals surface area contributed by atoms with Gasteiger partial charge in [0.05, 0.1) is 18.6 Å². The van der Waals surface area contributed by atoms with Crippen LogP contribution >= 0.6 is 0 Å². The van der Waals surface area contributed by atoms with Crippen LogP contribution in [0.2, 0.25) is 0 Å². The molecule has 17 heavy (non-hydrogen) atoms. The minimum Gasteiger partial charge on any atom is -0.374 e. The van der Waals surface area contributed by atoms with Gasteiger partial charge in [0.15, 0.2) is 0 Å². The van der Waals surface area contributed by atoms with Crippen LogP contribution in [0.15, 0.2) is 12.5 Å². The summed E-state index contributed by atoms with van der Waals surface area (Å²) >= 11 is 0. The Hall–Kier alpha value is -1.01. The van der Waals surface area contributed by atoms with Crippen LogP contribution in [0.3, 0.4) is 0 Å². The van der Waals surface area contributed by atoms with Crippen LogP contribution in [-0.2, 0) is 17.8 Å². The first kappa shape index (κ1) is 14.1. The maximum atomic E-state index is 11.8. The summed E-state index contributed by atoms with van der Waals surface area (Å²) in [4.78, 5) is 4.20. The van der Waals surface area contributed by atoms with Crippen LogP contribution in [0.25, 0.3) is 0 Å². The van der Waals surface area contributed by atoms with Crippen molar-refractivity contribution in [1.82, 2.24) is 14.9 Å². The minimum atomic E-state index is -2.40. The van der Waals surface area contributed by atoms with Crippen molar-refractivity contribution >= 4 is 0 Å². The summed E-state index contributed by atoms with van der Waals surface area (Å²) in [6, 6.07) is 0.412. The van der Waals surface area contributed by atoms with Crippen molar-refractivity contribution in [3.8, 4) is 0 Å². The number of imidazole rings is 1. The van der Waals surface area contributed by atoms with Crippen molar-refractivity contribution < 1.29 is 13.5 Å². The smallest absolute Gasteiger partial charge is 0.261 e. The van der Waals surface area contributed by atoms with Gasteiger partial charge < -0.3 is 14.6 Å². The van der Waals surface area contributed by atoms with Gasteiger partial charge in [-0.25, -0.2) is 13.8 Å². The molecule has 0 saturated heterocycles. The van der Waals surface area contributed by atoms with Gasteiger partial charge in [-0.2, -0.15) is 0 Å². The SMILES string of the molecule is CC(C)NCc1cn(CCOCC(F)F)cn1. The average molecular weight is 247 g/mol. The number of halogens is 2. The highest BCUT2D eigenvalue weighted by atomic mass is 19.3. The van der Waals surface area contributed by atoms with E-state index in [4.69, 9.17) is 4.74 Å². The molecular weight excluding hydrogens is 228 g/mol. The Morgan fingerprint density at radius 2 is 2.24 bits per heavy atom. The van der Waals surface area contributed by atoms with Crippen LogP contribution in [0.1, 0.15) is 19.5 Å². The zero-order valence-electron chi connectivity index (χ0n) is 10.2. The molecule has 0 aliphatic heterocycles. The summed E-state index contributed by atoms with van der Waals surface area (Å²) in [5, 5.41) is 3.25. The number of nitrogens with zero attached hydrogens (tertiary/aromatic N) is 2. The highest BCUT2D eigenvalue weighted by molar-refractivity contribution is 4.96. The Morgan fingerprint density at radius 1 is 1.47 bits per heavy atom. The topological polar surface area (TPSA) is 39.1 Å². The number of hydrogen-bond acceptors (Lipinski definition) is 3. The Balaban J connectivity index is 2.21. The van der Waals surface area contributed by atoms with E-state index in [0.29, 0.717) is 19.1 Å². The lowest BCUT2D eigenvalue weighted by molar-refractivity contribution is 0.0147. The van der Waals surface area contributed by atoms with E-state index in [2.05, 4.69) is 24.1 Å². The molecule has 0 fully saturated rings. The molecule has 0 unspecified atom stereocenters. The Bertz CT molecular complexity index is 315. The lowest BCUT2D eigenvalue weighted by Gasteiger charge is -2.05. The van der Waals surface area contributed by atoms with E-state index in [1.807, 2.05) is 10.8 Å². The molecule has 0 radical (unpaired) electrons. The number of rotatable bonds is 8. The molecule has 1 N–H and O–H groups in total. The first-order valence-corrected chi connectivity index (χ1v) is 5.68. The Labute approximate surface area is 100.0 Å². The molecule has 0 saturated carbocycles. The number of hydrogen-bond donors (Lipinski definition) is 1. The molecule has 98 valence electrons. The number of aromatic nitrogens is 2. The lowest BCUT2D eigenvalue weighted by atomic mass is 10.3. The average Bonchev–Trinajstić information content (AvgIpc) is 2.69. The van der Waals surface area contributed by atoms with Gasteiger partial charge in [0.2, 0.25) is 0 Å². The second-order valence-corrected chi connectivity index (χ2v) is 4.10. The van der Waals surface area contributed by atoms with Crippen LogP contribution in [0.4, 0.5) is 8.78 Å². The van der Waals surface area contributed by atoms with Gasteiger partial charge in [0, 0.05) is 25.3 Å². The zero-order valence-corrected chi connectivity index (χ0v) is 10.2. The van der Waals surface area contributed by atoms with Crippen molar-refractivity contribution in [2.45, 2.75) is 39.4 Å². The second kappa shape index (κ2) is 7.34. The molecule has 1 aromatic heterocycles. The molecule has 1 heterocycles. The van der Waals surface area contributed by atoms with E-state index >= 15 is 0 Å². The van der Waals surface area contributed by atoms with Crippen molar-refractivity contribution in [2.24, 2.45) is 0 Å². The number of alkyl halides is 2. The second-order valence-electron chi connectivity index (χ2n) is 4.10. The van der Waals surface area contributed by atoms with E-state index in [-0.39, 0.29) is 6.61 Å². The summed E-state index contributed by atoms with van der Waals surface area (Å²) in [5.74, 6) is 0. The van der Waals surface area contributed by atoms with Crippen LogP contribution in [0.5, 0.6) is 0 Å². The number of ether oxygens (including phenoxy) is 1. The summed E-state index contributed by atoms with van der Waals surface area (Å²) in [6.45, 7) is 5.16. The predicted octanol–water partition coefficient (Wildman–Crippen LogP) is 1.66. The highest BCUT2D eigenvalue weighted by Gasteiger charge is 2.02. The third-order valence-electron chi connectivity index (χ3n) is 2.12. The first-order valence-electron chi connectivity index (χ1n) is 5.68. The van der Waals surface area contributed by atoms with Gasteiger partial charge in [-0.3, -0.25) is 0 Å². The van der Waals surface area contributed by atoms with Gasteiger partial charge in [0.1, 0.15) is 6.61 Å². The number of nitrogens with one attached hydrogen (secondary N) is 1. The largest absolute Gasteiger partial charge is 0.374 e. The predicted molar refractivity (Wildman–Crippen MR) is 61.0 cm³/mol. The molecule has 0 bridgehead atoms. The monoisotopic (exact) mass is 247 g/mol. The fourth-order valence-electron chi connectivity index (χ4n) is 1.27. The van der Waals surface area contributed by atoms with Gasteiger partial charge in [-0.05, 0) is 0 Å². The van der Waals surface area contributed by atoms with Crippen LogP contribution < -0.4 is 5.32 Å². The molecule has 1 aromatic rings. The summed E-state index contributed by atoms with van der Waals surface area (Å²) in [5.41, 5.74) is 0.938. The summed E-state index contributed by atoms with van der Waals surface area (Å²) in [7, 11) is 0. The summed E-state index contributed by atoms with van der Waals surface area (Å²) < 4.78 is 30.2. The van der Waals surface area contributed by atoms with E-state index in [1.54, 1.807) is 6.33 Å². The van der Waals surface area contributed by atoms with Crippen LogP contribution in [0, 0.1) is 0 Å². The molecule has 4 nitrogen and oxygen atoms in total. The molecule has 0 amide bonds. The zero-order chi connectivity index (χ0) is 12.7. The normalized spacial score (nSPS) is 11.6. The Kier molecular flexibility index (Phi) is 6.07. The molecule has 1 rings (SSSR count). The maximum Gasteiger partial charge on any atom is 0.261 e. The van der Waals surface area contributed by atoms with Crippen molar-refractivity contribution in [1.29, 1.82) is 0 Å². The standard InChI is InChI=1S/C11H19F2N3O/c1-9(2)14-5-10-6-16(8-15-10)3-4-17-7-11(12)13/h6,8-9,11,14H,3-5,7H2,1-2H3. The maximum absolute atomic E-state index is 11.8. The third kappa shape index (κ3) is 6.33. The van der Waals surface area contributed by atoms with E-state index in [1.165, 1.54) is 0 Å². The molecule has 0 aliphatic carbocycles. The lowest BCUT2D eigenvalue weighted by Crippen LogP contribution is -2.21. The van der Waals surface area contributed by atoms with Crippen molar-refractivity contribution in [3.05, 3.63) is 18.2 Å². The minimum absolute atomic E-state index is 0.276. The van der Waals surface area contributed by atoms with Gasteiger partial charge >= 0.3 is 0 Å². The highest BCUT2D eigenvalue weighted by Crippen LogP contribution is 1.98. The van der Waals surface area contributed by atoms with Crippen LogP contribution in [-0.4, -0.2) is 35.2 Å². The fraction of sp³-hybridized carbons (Fsp3) is 0.727. The van der Waals surface area contributed by atoms with E-state index in [0.717, 1.165) is 5.69 Å². The molecule has 6 heteroatoms. The first-order chi connectivity index (χ1) is 8.08. The molecule has 0 atom stereocenters. The molecule has 0 spiro atoms. The third-order valence-corrected chi connectivity index (χ3v) is 2.12. The Morgan fingerprint density at radius 3 is 2.88 bits per heavy atom. The van der Waals surface area contributed by atoms with E-state index < -0.39 is 13.0 Å². The molecule has 0 aromatic carbocycles. The van der Waals surface area contributed by atoms with Gasteiger partial charge in [-0.1, -0.05) is 13.8 Å². The molecule has 0 aliphatic rings. The van der Waals surface area contributed by atoms with Crippen molar-refractivity contribution in [2.75, 3.05) is 13.2 Å². The quantitative estimate of drug-likeness (QED) is 0.710. The van der Waals surface area contributed by atoms with Gasteiger partial charge in [-0.15, -0.1) is 0 Å². The molecular formula is C11H19F2N3O. The fourth-order valence-corrected chi connectivity index (χ4v) is 1.27. The van der Waals surface area contributed by atoms with Crippen molar-refractivity contribution in [3.63, 3.8) is 0 Å².